The molecule has 8 nitrogen and oxygen atoms in total. The maximum absolute atomic E-state index is 14.7. The molecule has 0 heterocycles. The van der Waals surface area contributed by atoms with Gasteiger partial charge < -0.3 is 15.0 Å². The average molecular weight is 570 g/mol. The van der Waals surface area contributed by atoms with Gasteiger partial charge in [0.15, 0.2) is 0 Å². The average Bonchev–Trinajstić information content (AvgIpc) is 2.91. The predicted molar refractivity (Wildman–Crippen MR) is 153 cm³/mol. The first-order valence-electron chi connectivity index (χ1n) is 13.0. The minimum Gasteiger partial charge on any atom is -0.492 e. The van der Waals surface area contributed by atoms with Gasteiger partial charge >= 0.3 is 0 Å². The molecule has 2 amide bonds. The summed E-state index contributed by atoms with van der Waals surface area (Å²) in [5.41, 5.74) is -0.227. The van der Waals surface area contributed by atoms with E-state index in [4.69, 9.17) is 4.74 Å². The molecule has 0 aromatic heterocycles. The molecule has 3 aromatic rings. The Bertz CT molecular complexity index is 1420. The summed E-state index contributed by atoms with van der Waals surface area (Å²) in [6.45, 7) is 8.10. The maximum Gasteiger partial charge on any atom is 0.264 e. The van der Waals surface area contributed by atoms with E-state index in [9.17, 15) is 22.4 Å². The Labute approximate surface area is 235 Å². The number of hydrogen-bond donors (Lipinski definition) is 1. The number of para-hydroxylation sites is 2. The SMILES string of the molecule is CCOc1ccccc1N(CC(=O)N(Cc1ccccc1F)[C@@H](C)C(=O)NC(C)(C)C)S(=O)(=O)c1ccccc1. The summed E-state index contributed by atoms with van der Waals surface area (Å²) in [5.74, 6) is -1.41. The monoisotopic (exact) mass is 569 g/mol. The van der Waals surface area contributed by atoms with Gasteiger partial charge in [0.25, 0.3) is 10.0 Å². The number of hydrogen-bond acceptors (Lipinski definition) is 5. The van der Waals surface area contributed by atoms with Crippen molar-refractivity contribution in [2.24, 2.45) is 0 Å². The summed E-state index contributed by atoms with van der Waals surface area (Å²) < 4.78 is 49.2. The van der Waals surface area contributed by atoms with Gasteiger partial charge in [-0.05, 0) is 65.0 Å². The molecular formula is C30H36FN3O5S. The molecule has 0 unspecified atom stereocenters. The first-order valence-corrected chi connectivity index (χ1v) is 14.4. The van der Waals surface area contributed by atoms with E-state index in [0.29, 0.717) is 0 Å². The number of rotatable bonds is 11. The molecule has 0 aliphatic rings. The van der Waals surface area contributed by atoms with E-state index in [1.807, 2.05) is 0 Å². The van der Waals surface area contributed by atoms with Crippen molar-refractivity contribution in [1.29, 1.82) is 0 Å². The number of nitrogens with zero attached hydrogens (tertiary/aromatic N) is 2. The Morgan fingerprint density at radius 3 is 2.17 bits per heavy atom. The van der Waals surface area contributed by atoms with E-state index >= 15 is 0 Å². The summed E-state index contributed by atoms with van der Waals surface area (Å²) in [6.07, 6.45) is 0. The Morgan fingerprint density at radius 1 is 0.950 bits per heavy atom. The van der Waals surface area contributed by atoms with Crippen LogP contribution in [0.1, 0.15) is 40.2 Å². The Kier molecular flexibility index (Phi) is 9.92. The minimum absolute atomic E-state index is 0.0201. The molecular weight excluding hydrogens is 533 g/mol. The largest absolute Gasteiger partial charge is 0.492 e. The van der Waals surface area contributed by atoms with Gasteiger partial charge in [-0.2, -0.15) is 0 Å². The lowest BCUT2D eigenvalue weighted by Crippen LogP contribution is -2.54. The van der Waals surface area contributed by atoms with Crippen LogP contribution < -0.4 is 14.4 Å². The number of nitrogens with one attached hydrogen (secondary N) is 1. The molecule has 40 heavy (non-hydrogen) atoms. The minimum atomic E-state index is -4.25. The summed E-state index contributed by atoms with van der Waals surface area (Å²) >= 11 is 0. The lowest BCUT2D eigenvalue weighted by molar-refractivity contribution is -0.140. The van der Waals surface area contributed by atoms with E-state index in [-0.39, 0.29) is 35.0 Å². The van der Waals surface area contributed by atoms with Crippen molar-refractivity contribution < 1.29 is 27.1 Å². The van der Waals surface area contributed by atoms with Crippen molar-refractivity contribution in [3.05, 3.63) is 90.2 Å². The van der Waals surface area contributed by atoms with Crippen LogP contribution in [-0.2, 0) is 26.2 Å². The second kappa shape index (κ2) is 13.0. The van der Waals surface area contributed by atoms with Gasteiger partial charge in [0, 0.05) is 17.6 Å². The number of benzene rings is 3. The first-order chi connectivity index (χ1) is 18.8. The maximum atomic E-state index is 14.7. The second-order valence-electron chi connectivity index (χ2n) is 10.3. The number of carbonyl (C=O) groups excluding carboxylic acids is 2. The summed E-state index contributed by atoms with van der Waals surface area (Å²) in [7, 11) is -4.25. The highest BCUT2D eigenvalue weighted by Crippen LogP contribution is 2.33. The molecule has 0 radical (unpaired) electrons. The van der Waals surface area contributed by atoms with Crippen molar-refractivity contribution >= 4 is 27.5 Å². The van der Waals surface area contributed by atoms with E-state index in [2.05, 4.69) is 5.32 Å². The Balaban J connectivity index is 2.09. The Hall–Kier alpha value is -3.92. The molecule has 0 bridgehead atoms. The third-order valence-corrected chi connectivity index (χ3v) is 7.78. The third kappa shape index (κ3) is 7.59. The van der Waals surface area contributed by atoms with Crippen molar-refractivity contribution in [3.63, 3.8) is 0 Å². The third-order valence-electron chi connectivity index (χ3n) is 6.01. The van der Waals surface area contributed by atoms with Crippen LogP contribution in [0.5, 0.6) is 5.75 Å². The molecule has 0 saturated heterocycles. The molecule has 1 N–H and O–H groups in total. The molecule has 0 saturated carbocycles. The summed E-state index contributed by atoms with van der Waals surface area (Å²) in [5, 5.41) is 2.84. The van der Waals surface area contributed by atoms with Crippen LogP contribution in [0, 0.1) is 5.82 Å². The molecule has 214 valence electrons. The lowest BCUT2D eigenvalue weighted by Gasteiger charge is -2.33. The van der Waals surface area contributed by atoms with E-state index in [0.717, 1.165) is 4.31 Å². The predicted octanol–water partition coefficient (Wildman–Crippen LogP) is 4.75. The summed E-state index contributed by atoms with van der Waals surface area (Å²) in [6, 6.07) is 19.2. The molecule has 0 spiro atoms. The number of amides is 2. The number of ether oxygens (including phenoxy) is 1. The molecule has 3 aromatic carbocycles. The van der Waals surface area contributed by atoms with Crippen LogP contribution in [0.2, 0.25) is 0 Å². The summed E-state index contributed by atoms with van der Waals surface area (Å²) in [4.78, 5) is 28.3. The number of anilines is 1. The van der Waals surface area contributed by atoms with Crippen molar-refractivity contribution in [2.45, 2.75) is 57.6 Å². The molecule has 0 aliphatic heterocycles. The number of halogens is 1. The zero-order valence-electron chi connectivity index (χ0n) is 23.4. The second-order valence-corrected chi connectivity index (χ2v) is 12.1. The van der Waals surface area contributed by atoms with Crippen LogP contribution >= 0.6 is 0 Å². The molecule has 3 rings (SSSR count). The van der Waals surface area contributed by atoms with Gasteiger partial charge in [-0.25, -0.2) is 12.8 Å². The molecule has 10 heteroatoms. The topological polar surface area (TPSA) is 96.0 Å². The zero-order chi connectivity index (χ0) is 29.5. The zero-order valence-corrected chi connectivity index (χ0v) is 24.2. The van der Waals surface area contributed by atoms with Crippen LogP contribution in [0.3, 0.4) is 0 Å². The van der Waals surface area contributed by atoms with Crippen LogP contribution in [0.4, 0.5) is 10.1 Å². The number of carbonyl (C=O) groups is 2. The fourth-order valence-corrected chi connectivity index (χ4v) is 5.49. The van der Waals surface area contributed by atoms with Gasteiger partial charge in [0.2, 0.25) is 11.8 Å². The van der Waals surface area contributed by atoms with Gasteiger partial charge in [-0.3, -0.25) is 13.9 Å². The van der Waals surface area contributed by atoms with Crippen LogP contribution in [0.25, 0.3) is 0 Å². The molecule has 1 atom stereocenters. The van der Waals surface area contributed by atoms with E-state index < -0.39 is 45.8 Å². The first kappa shape index (κ1) is 30.6. The van der Waals surface area contributed by atoms with Crippen molar-refractivity contribution in [1.82, 2.24) is 10.2 Å². The van der Waals surface area contributed by atoms with Gasteiger partial charge in [0.05, 0.1) is 17.2 Å². The normalized spacial score (nSPS) is 12.3. The van der Waals surface area contributed by atoms with Gasteiger partial charge in [-0.15, -0.1) is 0 Å². The van der Waals surface area contributed by atoms with E-state index in [1.165, 1.54) is 42.2 Å². The molecule has 0 aliphatic carbocycles. The lowest BCUT2D eigenvalue weighted by atomic mass is 10.1. The standard InChI is InChI=1S/C30H36FN3O5S/c1-6-39-27-19-13-12-18-26(27)34(40(37,38)24-15-8-7-9-16-24)21-28(35)33(20-23-14-10-11-17-25(23)31)22(2)29(36)32-30(3,4)5/h7-19,22H,6,20-21H2,1-5H3,(H,32,36)/t22-/m0/s1. The van der Waals surface area contributed by atoms with Crippen molar-refractivity contribution in [2.75, 3.05) is 17.5 Å². The highest BCUT2D eigenvalue weighted by molar-refractivity contribution is 7.92. The van der Waals surface area contributed by atoms with Gasteiger partial charge in [0.1, 0.15) is 24.2 Å². The smallest absolute Gasteiger partial charge is 0.264 e. The fraction of sp³-hybridized carbons (Fsp3) is 0.333. The fourth-order valence-electron chi connectivity index (χ4n) is 4.04. The molecule has 0 fully saturated rings. The highest BCUT2D eigenvalue weighted by Gasteiger charge is 2.34. The van der Waals surface area contributed by atoms with E-state index in [1.54, 1.807) is 76.2 Å². The van der Waals surface area contributed by atoms with Crippen molar-refractivity contribution in [3.8, 4) is 5.75 Å². The highest BCUT2D eigenvalue weighted by atomic mass is 32.2. The number of sulfonamides is 1. The quantitative estimate of drug-likeness (QED) is 0.360. The Morgan fingerprint density at radius 2 is 1.55 bits per heavy atom. The van der Waals surface area contributed by atoms with Crippen LogP contribution in [-0.4, -0.2) is 49.9 Å². The van der Waals surface area contributed by atoms with Crippen LogP contribution in [0.15, 0.2) is 83.8 Å². The van der Waals surface area contributed by atoms with Gasteiger partial charge in [-0.1, -0.05) is 48.5 Å².